The number of aromatic amines is 1. The Balaban J connectivity index is 1.81. The topological polar surface area (TPSA) is 66.9 Å². The molecule has 3 aromatic rings. The molecule has 0 aliphatic heterocycles. The molecule has 2 aromatic carbocycles. The van der Waals surface area contributed by atoms with E-state index in [0.717, 1.165) is 11.4 Å². The smallest absolute Gasteiger partial charge is 0.271 e. The van der Waals surface area contributed by atoms with E-state index in [-0.39, 0.29) is 11.5 Å². The third-order valence-electron chi connectivity index (χ3n) is 3.27. The highest BCUT2D eigenvalue weighted by Crippen LogP contribution is 2.11. The predicted octanol–water partition coefficient (Wildman–Crippen LogP) is 2.73. The van der Waals surface area contributed by atoms with Gasteiger partial charge in [0.25, 0.3) is 11.5 Å². The lowest BCUT2D eigenvalue weighted by Gasteiger charge is -2.06. The third kappa shape index (κ3) is 2.83. The van der Waals surface area contributed by atoms with Crippen LogP contribution in [-0.4, -0.2) is 15.7 Å². The molecule has 1 heterocycles. The number of carbonyl (C=O) groups excluding carboxylic acids is 1. The van der Waals surface area contributed by atoms with Crippen LogP contribution in [-0.2, 0) is 0 Å². The van der Waals surface area contributed by atoms with E-state index in [1.54, 1.807) is 24.3 Å². The molecule has 110 valence electrons. The molecule has 0 fully saturated rings. The first-order valence-electron chi connectivity index (χ1n) is 6.89. The highest BCUT2D eigenvalue weighted by Gasteiger charge is 2.07. The Bertz CT molecular complexity index is 846. The summed E-state index contributed by atoms with van der Waals surface area (Å²) in [5, 5.41) is 5.77. The SMILES string of the molecule is Cc1cc(=O)n(-c2ccc(C(=O)Nc3ccccc3)cc2)[nH]1. The molecule has 0 saturated carbocycles. The highest BCUT2D eigenvalue weighted by molar-refractivity contribution is 6.04. The Morgan fingerprint density at radius 2 is 1.73 bits per heavy atom. The van der Waals surface area contributed by atoms with Crippen LogP contribution in [0.5, 0.6) is 0 Å². The largest absolute Gasteiger partial charge is 0.322 e. The maximum absolute atomic E-state index is 12.1. The quantitative estimate of drug-likeness (QED) is 0.779. The lowest BCUT2D eigenvalue weighted by atomic mass is 10.2. The number of para-hydroxylation sites is 1. The Labute approximate surface area is 127 Å². The zero-order valence-electron chi connectivity index (χ0n) is 12.0. The first kappa shape index (κ1) is 13.9. The molecule has 0 aliphatic carbocycles. The summed E-state index contributed by atoms with van der Waals surface area (Å²) >= 11 is 0. The minimum atomic E-state index is -0.187. The average molecular weight is 293 g/mol. The Kier molecular flexibility index (Phi) is 3.62. The summed E-state index contributed by atoms with van der Waals surface area (Å²) in [5.74, 6) is -0.187. The monoisotopic (exact) mass is 293 g/mol. The molecule has 3 rings (SSSR count). The molecule has 0 atom stereocenters. The maximum Gasteiger partial charge on any atom is 0.271 e. The maximum atomic E-state index is 12.1. The fourth-order valence-corrected chi connectivity index (χ4v) is 2.19. The minimum absolute atomic E-state index is 0.126. The van der Waals surface area contributed by atoms with Gasteiger partial charge in [-0.25, -0.2) is 4.68 Å². The summed E-state index contributed by atoms with van der Waals surface area (Å²) in [6.45, 7) is 1.82. The van der Waals surface area contributed by atoms with E-state index in [4.69, 9.17) is 0 Å². The number of hydrogen-bond donors (Lipinski definition) is 2. The van der Waals surface area contributed by atoms with Crippen molar-refractivity contribution in [2.24, 2.45) is 0 Å². The van der Waals surface area contributed by atoms with Gasteiger partial charge in [0, 0.05) is 23.0 Å². The molecule has 0 radical (unpaired) electrons. The second-order valence-corrected chi connectivity index (χ2v) is 4.98. The van der Waals surface area contributed by atoms with E-state index >= 15 is 0 Å². The second-order valence-electron chi connectivity index (χ2n) is 4.98. The van der Waals surface area contributed by atoms with E-state index < -0.39 is 0 Å². The van der Waals surface area contributed by atoms with Crippen molar-refractivity contribution in [1.29, 1.82) is 0 Å². The number of H-pyrrole nitrogens is 1. The van der Waals surface area contributed by atoms with Gasteiger partial charge in [0.05, 0.1) is 5.69 Å². The lowest BCUT2D eigenvalue weighted by molar-refractivity contribution is 0.102. The molecule has 0 aliphatic rings. The number of benzene rings is 2. The van der Waals surface area contributed by atoms with Crippen molar-refractivity contribution < 1.29 is 4.79 Å². The van der Waals surface area contributed by atoms with Crippen molar-refractivity contribution >= 4 is 11.6 Å². The van der Waals surface area contributed by atoms with Crippen LogP contribution in [0.3, 0.4) is 0 Å². The Morgan fingerprint density at radius 1 is 1.05 bits per heavy atom. The molecular formula is C17H15N3O2. The van der Waals surface area contributed by atoms with Crippen molar-refractivity contribution in [2.45, 2.75) is 6.92 Å². The Hall–Kier alpha value is -3.08. The molecule has 5 heteroatoms. The molecule has 0 bridgehead atoms. The third-order valence-corrected chi connectivity index (χ3v) is 3.27. The summed E-state index contributed by atoms with van der Waals surface area (Å²) < 4.78 is 1.44. The van der Waals surface area contributed by atoms with E-state index in [1.165, 1.54) is 10.7 Å². The van der Waals surface area contributed by atoms with E-state index in [2.05, 4.69) is 10.4 Å². The number of nitrogens with one attached hydrogen (secondary N) is 2. The van der Waals surface area contributed by atoms with Crippen LogP contribution in [0.15, 0.2) is 65.5 Å². The summed E-state index contributed by atoms with van der Waals surface area (Å²) in [6, 6.07) is 17.6. The average Bonchev–Trinajstić information content (AvgIpc) is 2.87. The molecule has 1 aromatic heterocycles. The summed E-state index contributed by atoms with van der Waals surface area (Å²) in [4.78, 5) is 23.9. The van der Waals surface area contributed by atoms with Gasteiger partial charge in [-0.05, 0) is 43.3 Å². The second kappa shape index (κ2) is 5.73. The van der Waals surface area contributed by atoms with E-state index in [1.807, 2.05) is 37.3 Å². The summed E-state index contributed by atoms with van der Waals surface area (Å²) in [6.07, 6.45) is 0. The molecule has 0 unspecified atom stereocenters. The normalized spacial score (nSPS) is 10.4. The van der Waals surface area contributed by atoms with E-state index in [0.29, 0.717) is 11.3 Å². The van der Waals surface area contributed by atoms with Crippen molar-refractivity contribution in [2.75, 3.05) is 5.32 Å². The van der Waals surface area contributed by atoms with Gasteiger partial charge in [0.15, 0.2) is 0 Å². The van der Waals surface area contributed by atoms with Crippen molar-refractivity contribution in [3.63, 3.8) is 0 Å². The number of hydrogen-bond acceptors (Lipinski definition) is 2. The number of carbonyl (C=O) groups is 1. The fraction of sp³-hybridized carbons (Fsp3) is 0.0588. The van der Waals surface area contributed by atoms with Crippen LogP contribution in [0.4, 0.5) is 5.69 Å². The highest BCUT2D eigenvalue weighted by atomic mass is 16.1. The molecule has 0 saturated heterocycles. The molecule has 1 amide bonds. The summed E-state index contributed by atoms with van der Waals surface area (Å²) in [7, 11) is 0. The first-order chi connectivity index (χ1) is 10.6. The van der Waals surface area contributed by atoms with Crippen LogP contribution in [0.25, 0.3) is 5.69 Å². The predicted molar refractivity (Wildman–Crippen MR) is 85.5 cm³/mol. The van der Waals surface area contributed by atoms with Gasteiger partial charge in [-0.3, -0.25) is 14.7 Å². The van der Waals surface area contributed by atoms with Crippen LogP contribution < -0.4 is 10.9 Å². The van der Waals surface area contributed by atoms with Gasteiger partial charge in [-0.1, -0.05) is 18.2 Å². The van der Waals surface area contributed by atoms with Crippen molar-refractivity contribution in [3.8, 4) is 5.69 Å². The number of nitrogens with zero attached hydrogens (tertiary/aromatic N) is 1. The van der Waals surface area contributed by atoms with Gasteiger partial charge in [-0.15, -0.1) is 0 Å². The van der Waals surface area contributed by atoms with Gasteiger partial charge >= 0.3 is 0 Å². The molecule has 0 spiro atoms. The van der Waals surface area contributed by atoms with Gasteiger partial charge < -0.3 is 5.32 Å². The molecular weight excluding hydrogens is 278 g/mol. The van der Waals surface area contributed by atoms with E-state index in [9.17, 15) is 9.59 Å². The number of amides is 1. The van der Waals surface area contributed by atoms with Crippen LogP contribution in [0.1, 0.15) is 16.1 Å². The summed E-state index contributed by atoms with van der Waals surface area (Å²) in [5.41, 5.74) is 2.63. The van der Waals surface area contributed by atoms with Gasteiger partial charge in [0.1, 0.15) is 0 Å². The first-order valence-corrected chi connectivity index (χ1v) is 6.89. The fourth-order valence-electron chi connectivity index (χ4n) is 2.19. The standard InChI is InChI=1S/C17H15N3O2/c1-12-11-16(21)20(19-12)15-9-7-13(8-10-15)17(22)18-14-5-3-2-4-6-14/h2-11,19H,1H3,(H,18,22). The number of aryl methyl sites for hydroxylation is 1. The van der Waals surface area contributed by atoms with Crippen molar-refractivity contribution in [3.05, 3.63) is 82.3 Å². The molecule has 22 heavy (non-hydrogen) atoms. The van der Waals surface area contributed by atoms with Gasteiger partial charge in [0.2, 0.25) is 0 Å². The van der Waals surface area contributed by atoms with Crippen molar-refractivity contribution in [1.82, 2.24) is 9.78 Å². The van der Waals surface area contributed by atoms with Crippen LogP contribution in [0.2, 0.25) is 0 Å². The number of rotatable bonds is 3. The zero-order valence-corrected chi connectivity index (χ0v) is 12.0. The van der Waals surface area contributed by atoms with Crippen LogP contribution >= 0.6 is 0 Å². The minimum Gasteiger partial charge on any atom is -0.322 e. The van der Waals surface area contributed by atoms with Gasteiger partial charge in [-0.2, -0.15) is 0 Å². The Morgan fingerprint density at radius 3 is 2.32 bits per heavy atom. The number of anilines is 1. The van der Waals surface area contributed by atoms with Crippen LogP contribution in [0, 0.1) is 6.92 Å². The lowest BCUT2D eigenvalue weighted by Crippen LogP contribution is -2.15. The zero-order chi connectivity index (χ0) is 15.5. The number of aromatic nitrogens is 2. The molecule has 5 nitrogen and oxygen atoms in total. The molecule has 2 N–H and O–H groups in total.